The van der Waals surface area contributed by atoms with Crippen LogP contribution in [-0.4, -0.2) is 49.5 Å². The molecular weight excluding hydrogens is 313 g/mol. The minimum absolute atomic E-state index is 0.118. The van der Waals surface area contributed by atoms with Crippen molar-refractivity contribution in [1.82, 2.24) is 10.2 Å². The van der Waals surface area contributed by atoms with Crippen molar-refractivity contribution in [3.8, 4) is 5.75 Å². The van der Waals surface area contributed by atoms with E-state index >= 15 is 0 Å². The molecule has 1 aromatic carbocycles. The predicted molar refractivity (Wildman–Crippen MR) is 76.8 cm³/mol. The Bertz CT molecular complexity index is 534. The largest absolute Gasteiger partial charge is 0.573 e. The van der Waals surface area contributed by atoms with Crippen LogP contribution in [0.15, 0.2) is 24.3 Å². The first kappa shape index (κ1) is 17.6. The highest BCUT2D eigenvalue weighted by atomic mass is 19.4. The van der Waals surface area contributed by atoms with Crippen molar-refractivity contribution >= 4 is 5.91 Å². The maximum Gasteiger partial charge on any atom is 0.573 e. The van der Waals surface area contributed by atoms with E-state index in [1.54, 1.807) is 7.05 Å². The molecular formula is C15H19F3N2O3. The predicted octanol–water partition coefficient (Wildman–Crippen LogP) is 1.92. The van der Waals surface area contributed by atoms with Gasteiger partial charge in [0.05, 0.1) is 12.7 Å². The zero-order chi connectivity index (χ0) is 17.0. The Morgan fingerprint density at radius 3 is 2.61 bits per heavy atom. The molecule has 0 saturated carbocycles. The third-order valence-corrected chi connectivity index (χ3v) is 3.54. The number of carbonyl (C=O) groups is 1. The zero-order valence-corrected chi connectivity index (χ0v) is 12.9. The molecule has 0 aliphatic carbocycles. The third-order valence-electron chi connectivity index (χ3n) is 3.54. The first-order valence-corrected chi connectivity index (χ1v) is 7.21. The molecule has 1 aliphatic heterocycles. The average molecular weight is 332 g/mol. The molecule has 0 aromatic heterocycles. The lowest BCUT2D eigenvalue weighted by molar-refractivity contribution is -0.274. The van der Waals surface area contributed by atoms with Crippen LogP contribution in [0.3, 0.4) is 0 Å². The summed E-state index contributed by atoms with van der Waals surface area (Å²) < 4.78 is 45.6. The van der Waals surface area contributed by atoms with Crippen molar-refractivity contribution in [3.05, 3.63) is 29.8 Å². The van der Waals surface area contributed by atoms with Gasteiger partial charge in [-0.2, -0.15) is 0 Å². The first-order valence-electron chi connectivity index (χ1n) is 7.21. The molecule has 1 N–H and O–H groups in total. The lowest BCUT2D eigenvalue weighted by atomic mass is 10.1. The normalized spacial score (nSPS) is 21.8. The number of likely N-dealkylation sites (N-methyl/N-ethyl adjacent to an activating group) is 1. The van der Waals surface area contributed by atoms with Gasteiger partial charge >= 0.3 is 6.36 Å². The summed E-state index contributed by atoms with van der Waals surface area (Å²) >= 11 is 0. The Hall–Kier alpha value is -1.80. The minimum Gasteiger partial charge on any atom is -0.406 e. The number of amides is 1. The van der Waals surface area contributed by atoms with Crippen LogP contribution in [0.2, 0.25) is 0 Å². The van der Waals surface area contributed by atoms with Gasteiger partial charge in [-0.3, -0.25) is 4.79 Å². The number of halogens is 3. The van der Waals surface area contributed by atoms with Gasteiger partial charge in [-0.05, 0) is 24.6 Å². The van der Waals surface area contributed by atoms with Crippen LogP contribution >= 0.6 is 0 Å². The van der Waals surface area contributed by atoms with Gasteiger partial charge in [-0.15, -0.1) is 13.2 Å². The molecule has 5 nitrogen and oxygen atoms in total. The van der Waals surface area contributed by atoms with E-state index < -0.39 is 12.4 Å². The van der Waals surface area contributed by atoms with Gasteiger partial charge in [0.25, 0.3) is 0 Å². The summed E-state index contributed by atoms with van der Waals surface area (Å²) in [6.07, 6.45) is -4.93. The van der Waals surface area contributed by atoms with Crippen LogP contribution in [0.5, 0.6) is 5.75 Å². The summed E-state index contributed by atoms with van der Waals surface area (Å²) in [5.41, 5.74) is 0.708. The van der Waals surface area contributed by atoms with Crippen LogP contribution in [-0.2, 0) is 16.1 Å². The maximum atomic E-state index is 12.4. The van der Waals surface area contributed by atoms with Gasteiger partial charge in [-0.1, -0.05) is 12.1 Å². The van der Waals surface area contributed by atoms with E-state index in [-0.39, 0.29) is 24.3 Å². The van der Waals surface area contributed by atoms with Crippen molar-refractivity contribution < 1.29 is 27.4 Å². The number of hydrogen-bond acceptors (Lipinski definition) is 4. The van der Waals surface area contributed by atoms with Gasteiger partial charge < -0.3 is 19.7 Å². The lowest BCUT2D eigenvalue weighted by Gasteiger charge is -2.32. The molecule has 0 spiro atoms. The van der Waals surface area contributed by atoms with Crippen LogP contribution < -0.4 is 10.1 Å². The number of rotatable bonds is 4. The van der Waals surface area contributed by atoms with E-state index in [9.17, 15) is 18.0 Å². The minimum atomic E-state index is -4.71. The molecule has 0 unspecified atom stereocenters. The molecule has 1 saturated heterocycles. The molecule has 1 amide bonds. The first-order chi connectivity index (χ1) is 10.8. The molecule has 1 fully saturated rings. The molecule has 1 aliphatic rings. The molecule has 1 aromatic rings. The number of benzene rings is 1. The van der Waals surface area contributed by atoms with Gasteiger partial charge in [-0.25, -0.2) is 0 Å². The number of alkyl halides is 3. The van der Waals surface area contributed by atoms with Gasteiger partial charge in [0.1, 0.15) is 11.8 Å². The smallest absolute Gasteiger partial charge is 0.406 e. The molecule has 128 valence electrons. The van der Waals surface area contributed by atoms with Gasteiger partial charge in [0.2, 0.25) is 5.91 Å². The number of nitrogens with zero attached hydrogens (tertiary/aromatic N) is 1. The van der Waals surface area contributed by atoms with Crippen LogP contribution in [0.25, 0.3) is 0 Å². The van der Waals surface area contributed by atoms with Gasteiger partial charge in [0.15, 0.2) is 0 Å². The number of carbonyl (C=O) groups excluding carboxylic acids is 1. The van der Waals surface area contributed by atoms with E-state index in [1.807, 2.05) is 6.92 Å². The molecule has 23 heavy (non-hydrogen) atoms. The second kappa shape index (κ2) is 7.18. The van der Waals surface area contributed by atoms with E-state index in [0.29, 0.717) is 18.7 Å². The van der Waals surface area contributed by atoms with E-state index in [2.05, 4.69) is 10.1 Å². The maximum absolute atomic E-state index is 12.4. The molecule has 8 heteroatoms. The molecule has 2 atom stereocenters. The highest BCUT2D eigenvalue weighted by molar-refractivity contribution is 5.82. The fourth-order valence-electron chi connectivity index (χ4n) is 2.40. The van der Waals surface area contributed by atoms with Crippen LogP contribution in [0.4, 0.5) is 13.2 Å². The summed E-state index contributed by atoms with van der Waals surface area (Å²) in [5.74, 6) is -0.404. The quantitative estimate of drug-likeness (QED) is 0.915. The standard InChI is InChI=1S/C15H19F3N2O3/c1-10-13(19-7-8-22-10)14(21)20(2)9-11-3-5-12(6-4-11)23-15(16,17)18/h3-6,10,13,19H,7-9H2,1-2H3/t10-,13+/m1/s1. The number of hydrogen-bond donors (Lipinski definition) is 1. The van der Waals surface area contributed by atoms with Crippen molar-refractivity contribution in [2.45, 2.75) is 32.0 Å². The summed E-state index contributed by atoms with van der Waals surface area (Å²) in [5, 5.41) is 3.11. The molecule has 1 heterocycles. The van der Waals surface area contributed by atoms with E-state index in [1.165, 1.54) is 29.2 Å². The highest BCUT2D eigenvalue weighted by Crippen LogP contribution is 2.23. The van der Waals surface area contributed by atoms with Crippen molar-refractivity contribution in [3.63, 3.8) is 0 Å². The highest BCUT2D eigenvalue weighted by Gasteiger charge is 2.31. The Balaban J connectivity index is 1.94. The second-order valence-corrected chi connectivity index (χ2v) is 5.39. The zero-order valence-electron chi connectivity index (χ0n) is 12.9. The van der Waals surface area contributed by atoms with Crippen molar-refractivity contribution in [1.29, 1.82) is 0 Å². The topological polar surface area (TPSA) is 50.8 Å². The van der Waals surface area contributed by atoms with Gasteiger partial charge in [0, 0.05) is 20.1 Å². The number of ether oxygens (including phenoxy) is 2. The summed E-state index contributed by atoms with van der Waals surface area (Å²) in [6.45, 7) is 3.29. The summed E-state index contributed by atoms with van der Waals surface area (Å²) in [4.78, 5) is 13.9. The SMILES string of the molecule is C[C@H]1OCCN[C@@H]1C(=O)N(C)Cc1ccc(OC(F)(F)F)cc1. The lowest BCUT2D eigenvalue weighted by Crippen LogP contribution is -2.55. The monoisotopic (exact) mass is 332 g/mol. The molecule has 2 rings (SSSR count). The number of morpholine rings is 1. The fraction of sp³-hybridized carbons (Fsp3) is 0.533. The summed E-state index contributed by atoms with van der Waals surface area (Å²) in [6, 6.07) is 5.04. The van der Waals surface area contributed by atoms with E-state index in [4.69, 9.17) is 4.74 Å². The second-order valence-electron chi connectivity index (χ2n) is 5.39. The Labute approximate surface area is 132 Å². The van der Waals surface area contributed by atoms with Crippen LogP contribution in [0, 0.1) is 0 Å². The Kier molecular flexibility index (Phi) is 5.48. The number of nitrogens with one attached hydrogen (secondary N) is 1. The van der Waals surface area contributed by atoms with E-state index in [0.717, 1.165) is 0 Å². The average Bonchev–Trinajstić information content (AvgIpc) is 2.47. The molecule has 0 radical (unpaired) electrons. The fourth-order valence-corrected chi connectivity index (χ4v) is 2.40. The Morgan fingerprint density at radius 1 is 1.39 bits per heavy atom. The van der Waals surface area contributed by atoms with Crippen molar-refractivity contribution in [2.75, 3.05) is 20.2 Å². The Morgan fingerprint density at radius 2 is 2.04 bits per heavy atom. The summed E-state index contributed by atoms with van der Waals surface area (Å²) in [7, 11) is 1.64. The third kappa shape index (κ3) is 5.11. The van der Waals surface area contributed by atoms with Crippen LogP contribution in [0.1, 0.15) is 12.5 Å². The van der Waals surface area contributed by atoms with Crippen molar-refractivity contribution in [2.24, 2.45) is 0 Å². The molecule has 0 bridgehead atoms.